The molecule has 0 aromatic heterocycles. The molecule has 7 heteroatoms. The predicted octanol–water partition coefficient (Wildman–Crippen LogP) is 4.44. The molecule has 0 bridgehead atoms. The molecule has 188 valence electrons. The van der Waals surface area contributed by atoms with Gasteiger partial charge in [-0.2, -0.15) is 0 Å². The van der Waals surface area contributed by atoms with Crippen LogP contribution in [-0.4, -0.2) is 49.9 Å². The second-order valence-corrected chi connectivity index (χ2v) is 9.68. The van der Waals surface area contributed by atoms with Crippen LogP contribution in [0.3, 0.4) is 0 Å². The Morgan fingerprint density at radius 3 is 1.12 bits per heavy atom. The maximum absolute atomic E-state index is 12.3. The van der Waals surface area contributed by atoms with E-state index in [1.54, 1.807) is 13.8 Å². The van der Waals surface area contributed by atoms with E-state index in [1.807, 2.05) is 0 Å². The molecule has 0 aromatic rings. The van der Waals surface area contributed by atoms with Crippen LogP contribution < -0.4 is 0 Å². The second-order valence-electron chi connectivity index (χ2n) is 9.68. The number of Topliss-reactive ketones (excluding diaryl/α,β-unsaturated/α-hetero) is 2. The highest BCUT2D eigenvalue weighted by molar-refractivity contribution is 5.78. The maximum atomic E-state index is 12.3. The molecule has 0 heterocycles. The highest BCUT2D eigenvalue weighted by Gasteiger charge is 2.26. The van der Waals surface area contributed by atoms with Crippen LogP contribution in [0.15, 0.2) is 0 Å². The molecule has 2 rings (SSSR count). The van der Waals surface area contributed by atoms with Crippen molar-refractivity contribution >= 4 is 23.5 Å². The van der Waals surface area contributed by atoms with E-state index < -0.39 is 0 Å². The molecule has 0 radical (unpaired) electrons. The summed E-state index contributed by atoms with van der Waals surface area (Å²) in [6.45, 7) is 4.25. The monoisotopic (exact) mass is 466 g/mol. The van der Waals surface area contributed by atoms with Gasteiger partial charge in [-0.3, -0.25) is 19.2 Å². The fourth-order valence-corrected chi connectivity index (χ4v) is 5.04. The Morgan fingerprint density at radius 1 is 0.515 bits per heavy atom. The zero-order chi connectivity index (χ0) is 24.1. The van der Waals surface area contributed by atoms with E-state index in [0.717, 1.165) is 77.0 Å². The Kier molecular flexibility index (Phi) is 12.7. The fourth-order valence-electron chi connectivity index (χ4n) is 5.04. The van der Waals surface area contributed by atoms with Crippen molar-refractivity contribution < 1.29 is 33.4 Å². The van der Waals surface area contributed by atoms with Crippen molar-refractivity contribution in [2.75, 3.05) is 26.4 Å². The lowest BCUT2D eigenvalue weighted by atomic mass is 9.84. The molecular weight excluding hydrogens is 424 g/mol. The molecule has 0 atom stereocenters. The molecule has 0 amide bonds. The highest BCUT2D eigenvalue weighted by atomic mass is 16.6. The summed E-state index contributed by atoms with van der Waals surface area (Å²) < 4.78 is 16.2. The van der Waals surface area contributed by atoms with Crippen molar-refractivity contribution in [1.29, 1.82) is 0 Å². The lowest BCUT2D eigenvalue weighted by molar-refractivity contribution is -0.152. The molecule has 2 fully saturated rings. The van der Waals surface area contributed by atoms with Gasteiger partial charge < -0.3 is 14.2 Å². The first-order valence-corrected chi connectivity index (χ1v) is 12.8. The minimum Gasteiger partial charge on any atom is -0.463 e. The van der Waals surface area contributed by atoms with Gasteiger partial charge in [0.05, 0.1) is 25.0 Å². The predicted molar refractivity (Wildman–Crippen MR) is 123 cm³/mol. The SMILES string of the molecule is CC(=O)[C@H]1CCC[C@H](C(=O)OCCOCCOC(=O)[C@H]2CCC[C@H](C(C)=O)CCC2)CCC1. The number of ether oxygens (including phenoxy) is 3. The summed E-state index contributed by atoms with van der Waals surface area (Å²) in [4.78, 5) is 47.7. The Labute approximate surface area is 198 Å². The van der Waals surface area contributed by atoms with Crippen molar-refractivity contribution in [3.8, 4) is 0 Å². The third-order valence-corrected chi connectivity index (χ3v) is 7.18. The molecule has 0 N–H and O–H groups in total. The Morgan fingerprint density at radius 2 is 0.818 bits per heavy atom. The largest absolute Gasteiger partial charge is 0.463 e. The highest BCUT2D eigenvalue weighted by Crippen LogP contribution is 2.28. The number of rotatable bonds is 10. The van der Waals surface area contributed by atoms with Crippen LogP contribution >= 0.6 is 0 Å². The topological polar surface area (TPSA) is 96.0 Å². The third kappa shape index (κ3) is 10.4. The quantitative estimate of drug-likeness (QED) is 0.347. The molecule has 0 aromatic carbocycles. The third-order valence-electron chi connectivity index (χ3n) is 7.18. The van der Waals surface area contributed by atoms with Gasteiger partial charge in [0, 0.05) is 11.8 Å². The smallest absolute Gasteiger partial charge is 0.309 e. The van der Waals surface area contributed by atoms with Crippen LogP contribution in [0.5, 0.6) is 0 Å². The number of hydrogen-bond donors (Lipinski definition) is 0. The molecule has 33 heavy (non-hydrogen) atoms. The minimum atomic E-state index is -0.178. The van der Waals surface area contributed by atoms with E-state index in [0.29, 0.717) is 0 Å². The lowest BCUT2D eigenvalue weighted by Crippen LogP contribution is -2.24. The van der Waals surface area contributed by atoms with Crippen LogP contribution in [0.1, 0.15) is 90.9 Å². The fraction of sp³-hybridized carbons (Fsp3) is 0.846. The molecular formula is C26H42O7. The molecule has 7 nitrogen and oxygen atoms in total. The number of carbonyl (C=O) groups excluding carboxylic acids is 4. The van der Waals surface area contributed by atoms with Crippen LogP contribution in [0.2, 0.25) is 0 Å². The van der Waals surface area contributed by atoms with E-state index in [1.165, 1.54) is 0 Å². The van der Waals surface area contributed by atoms with Gasteiger partial charge in [0.25, 0.3) is 0 Å². The van der Waals surface area contributed by atoms with Gasteiger partial charge in [-0.25, -0.2) is 0 Å². The number of ketones is 2. The van der Waals surface area contributed by atoms with Crippen LogP contribution in [-0.2, 0) is 33.4 Å². The van der Waals surface area contributed by atoms with Crippen molar-refractivity contribution in [2.24, 2.45) is 23.7 Å². The zero-order valence-electron chi connectivity index (χ0n) is 20.5. The number of esters is 2. The maximum Gasteiger partial charge on any atom is 0.309 e. The van der Waals surface area contributed by atoms with E-state index >= 15 is 0 Å². The van der Waals surface area contributed by atoms with Crippen LogP contribution in [0.25, 0.3) is 0 Å². The Hall–Kier alpha value is -1.76. The van der Waals surface area contributed by atoms with Crippen molar-refractivity contribution in [1.82, 2.24) is 0 Å². The minimum absolute atomic E-state index is 0.0895. The number of carbonyl (C=O) groups is 4. The summed E-state index contributed by atoms with van der Waals surface area (Å²) in [7, 11) is 0. The van der Waals surface area contributed by atoms with E-state index in [9.17, 15) is 19.2 Å². The van der Waals surface area contributed by atoms with Gasteiger partial charge >= 0.3 is 11.9 Å². The van der Waals surface area contributed by atoms with Crippen molar-refractivity contribution in [3.05, 3.63) is 0 Å². The van der Waals surface area contributed by atoms with Gasteiger partial charge in [0.1, 0.15) is 24.8 Å². The van der Waals surface area contributed by atoms with E-state index in [4.69, 9.17) is 14.2 Å². The van der Waals surface area contributed by atoms with Crippen LogP contribution in [0, 0.1) is 23.7 Å². The summed E-state index contributed by atoms with van der Waals surface area (Å²) in [6, 6.07) is 0. The molecule has 2 aliphatic carbocycles. The van der Waals surface area contributed by atoms with Gasteiger partial charge in [0.2, 0.25) is 0 Å². The first kappa shape index (κ1) is 27.5. The molecule has 0 spiro atoms. The van der Waals surface area contributed by atoms with Gasteiger partial charge in [-0.05, 0) is 65.2 Å². The first-order valence-electron chi connectivity index (χ1n) is 12.8. The summed E-state index contributed by atoms with van der Waals surface area (Å²) in [6.07, 6.45) is 10.1. The molecule has 0 saturated heterocycles. The molecule has 0 unspecified atom stereocenters. The zero-order valence-corrected chi connectivity index (χ0v) is 20.5. The van der Waals surface area contributed by atoms with Crippen molar-refractivity contribution in [2.45, 2.75) is 90.9 Å². The normalized spacial score (nSPS) is 26.7. The standard InChI is InChI=1S/C26H42O7/c1-19(27)21-7-3-11-23(12-4-8-21)25(29)32-17-15-31-16-18-33-26(30)24-13-5-9-22(20(2)28)10-6-14-24/h21-24H,3-18H2,1-2H3/t21-,22-,23-,24-. The lowest BCUT2D eigenvalue weighted by Gasteiger charge is -2.22. The van der Waals surface area contributed by atoms with Gasteiger partial charge in [0.15, 0.2) is 0 Å². The van der Waals surface area contributed by atoms with E-state index in [2.05, 4.69) is 0 Å². The first-order chi connectivity index (χ1) is 15.9. The molecule has 0 aliphatic heterocycles. The summed E-state index contributed by atoms with van der Waals surface area (Å²) in [5, 5.41) is 0. The number of hydrogen-bond acceptors (Lipinski definition) is 7. The average molecular weight is 467 g/mol. The average Bonchev–Trinajstić information content (AvgIpc) is 2.72. The summed E-state index contributed by atoms with van der Waals surface area (Å²) >= 11 is 0. The molecule has 2 aliphatic rings. The van der Waals surface area contributed by atoms with Gasteiger partial charge in [-0.1, -0.05) is 25.7 Å². The Bertz CT molecular complexity index is 571. The summed E-state index contributed by atoms with van der Waals surface area (Å²) in [5.41, 5.74) is 0. The second kappa shape index (κ2) is 15.2. The Balaban J connectivity index is 1.51. The summed E-state index contributed by atoms with van der Waals surface area (Å²) in [5.74, 6) is 0.274. The van der Waals surface area contributed by atoms with E-state index in [-0.39, 0.29) is 73.6 Å². The van der Waals surface area contributed by atoms with Gasteiger partial charge in [-0.15, -0.1) is 0 Å². The van der Waals surface area contributed by atoms with Crippen LogP contribution in [0.4, 0.5) is 0 Å². The molecule has 2 saturated carbocycles. The van der Waals surface area contributed by atoms with Crippen molar-refractivity contribution in [3.63, 3.8) is 0 Å².